The van der Waals surface area contributed by atoms with E-state index >= 15 is 0 Å². The minimum Gasteiger partial charge on any atom is -0.478 e. The summed E-state index contributed by atoms with van der Waals surface area (Å²) >= 11 is 0. The van der Waals surface area contributed by atoms with E-state index in [4.69, 9.17) is 0 Å². The van der Waals surface area contributed by atoms with Crippen molar-refractivity contribution in [1.82, 2.24) is 14.7 Å². The molecule has 0 spiro atoms. The second kappa shape index (κ2) is 9.04. The van der Waals surface area contributed by atoms with Gasteiger partial charge in [-0.05, 0) is 44.6 Å². The van der Waals surface area contributed by atoms with Crippen molar-refractivity contribution in [3.8, 4) is 0 Å². The number of aryl methyl sites for hydroxylation is 1. The Balaban J connectivity index is 1.47. The SMILES string of the molecule is Cc1c(C(=O)O)cnn1C1CCN(C(=O)C(C)CCCc2ccccc2)CC1. The summed E-state index contributed by atoms with van der Waals surface area (Å²) in [5, 5.41) is 13.5. The van der Waals surface area contributed by atoms with Crippen LogP contribution in [-0.2, 0) is 11.2 Å². The average molecular weight is 383 g/mol. The molecule has 1 aliphatic heterocycles. The van der Waals surface area contributed by atoms with Crippen LogP contribution in [0, 0.1) is 12.8 Å². The third-order valence-electron chi connectivity index (χ3n) is 5.76. The zero-order chi connectivity index (χ0) is 20.1. The van der Waals surface area contributed by atoms with E-state index in [1.165, 1.54) is 11.8 Å². The number of nitrogens with zero attached hydrogens (tertiary/aromatic N) is 3. The molecule has 150 valence electrons. The number of aromatic nitrogens is 2. The Morgan fingerprint density at radius 3 is 2.50 bits per heavy atom. The zero-order valence-corrected chi connectivity index (χ0v) is 16.7. The van der Waals surface area contributed by atoms with Crippen molar-refractivity contribution in [1.29, 1.82) is 0 Å². The molecule has 1 saturated heterocycles. The number of piperidine rings is 1. The van der Waals surface area contributed by atoms with Crippen LogP contribution in [0.2, 0.25) is 0 Å². The molecule has 0 radical (unpaired) electrons. The molecule has 0 saturated carbocycles. The quantitative estimate of drug-likeness (QED) is 0.791. The van der Waals surface area contributed by atoms with Gasteiger partial charge >= 0.3 is 5.97 Å². The molecule has 6 heteroatoms. The summed E-state index contributed by atoms with van der Waals surface area (Å²) in [5.41, 5.74) is 2.26. The standard InChI is InChI=1S/C22H29N3O3/c1-16(7-6-10-18-8-4-3-5-9-18)21(26)24-13-11-19(12-14-24)25-17(2)20(15-23-25)22(27)28/h3-5,8-9,15-16,19H,6-7,10-14H2,1-2H3,(H,27,28). The first-order valence-electron chi connectivity index (χ1n) is 10.1. The van der Waals surface area contributed by atoms with E-state index in [2.05, 4.69) is 29.4 Å². The molecule has 6 nitrogen and oxygen atoms in total. The first-order chi connectivity index (χ1) is 13.5. The van der Waals surface area contributed by atoms with E-state index in [1.54, 1.807) is 6.92 Å². The third-order valence-corrected chi connectivity index (χ3v) is 5.76. The fraction of sp³-hybridized carbons (Fsp3) is 0.500. The van der Waals surface area contributed by atoms with E-state index in [0.717, 1.165) is 32.1 Å². The van der Waals surface area contributed by atoms with Crippen molar-refractivity contribution in [3.63, 3.8) is 0 Å². The number of carbonyl (C=O) groups is 2. The monoisotopic (exact) mass is 383 g/mol. The molecular formula is C22H29N3O3. The van der Waals surface area contributed by atoms with Crippen molar-refractivity contribution in [2.24, 2.45) is 5.92 Å². The molecule has 2 heterocycles. The molecule has 0 aliphatic carbocycles. The van der Waals surface area contributed by atoms with Gasteiger partial charge in [-0.2, -0.15) is 5.10 Å². The topological polar surface area (TPSA) is 75.4 Å². The smallest absolute Gasteiger partial charge is 0.339 e. The van der Waals surface area contributed by atoms with E-state index in [-0.39, 0.29) is 23.4 Å². The van der Waals surface area contributed by atoms with Gasteiger partial charge in [-0.1, -0.05) is 37.3 Å². The number of benzene rings is 1. The molecule has 3 rings (SSSR count). The van der Waals surface area contributed by atoms with Crippen LogP contribution < -0.4 is 0 Å². The average Bonchev–Trinajstić information content (AvgIpc) is 3.10. The Morgan fingerprint density at radius 1 is 1.21 bits per heavy atom. The number of carbonyl (C=O) groups excluding carboxylic acids is 1. The van der Waals surface area contributed by atoms with Crippen LogP contribution in [0.3, 0.4) is 0 Å². The fourth-order valence-corrected chi connectivity index (χ4v) is 4.02. The van der Waals surface area contributed by atoms with Gasteiger partial charge in [0.2, 0.25) is 5.91 Å². The van der Waals surface area contributed by atoms with Gasteiger partial charge in [-0.15, -0.1) is 0 Å². The number of carboxylic acids is 1. The second-order valence-electron chi connectivity index (χ2n) is 7.73. The number of aromatic carboxylic acids is 1. The number of rotatable bonds is 7. The van der Waals surface area contributed by atoms with Crippen LogP contribution in [0.15, 0.2) is 36.5 Å². The number of carboxylic acid groups (broad SMARTS) is 1. The summed E-state index contributed by atoms with van der Waals surface area (Å²) in [5.74, 6) is -0.680. The van der Waals surface area contributed by atoms with Crippen LogP contribution >= 0.6 is 0 Å². The number of hydrogen-bond donors (Lipinski definition) is 1. The third kappa shape index (κ3) is 4.61. The molecule has 1 amide bonds. The predicted octanol–water partition coefficient (Wildman–Crippen LogP) is 3.71. The highest BCUT2D eigenvalue weighted by atomic mass is 16.4. The van der Waals surface area contributed by atoms with E-state index in [0.29, 0.717) is 18.8 Å². The van der Waals surface area contributed by atoms with Crippen molar-refractivity contribution < 1.29 is 14.7 Å². The second-order valence-corrected chi connectivity index (χ2v) is 7.73. The van der Waals surface area contributed by atoms with Crippen LogP contribution in [0.5, 0.6) is 0 Å². The Morgan fingerprint density at radius 2 is 1.89 bits per heavy atom. The minimum atomic E-state index is -0.944. The Bertz CT molecular complexity index is 808. The van der Waals surface area contributed by atoms with Gasteiger partial charge in [-0.25, -0.2) is 4.79 Å². The Hall–Kier alpha value is -2.63. The number of likely N-dealkylation sites (tertiary alicyclic amines) is 1. The minimum absolute atomic E-state index is 0.0327. The number of hydrogen-bond acceptors (Lipinski definition) is 3. The summed E-state index contributed by atoms with van der Waals surface area (Å²) in [6, 6.07) is 10.5. The highest BCUT2D eigenvalue weighted by Gasteiger charge is 2.28. The van der Waals surface area contributed by atoms with Gasteiger partial charge in [0.05, 0.1) is 17.9 Å². The molecule has 1 N–H and O–H groups in total. The predicted molar refractivity (Wildman–Crippen MR) is 107 cm³/mol. The maximum absolute atomic E-state index is 12.8. The molecule has 28 heavy (non-hydrogen) atoms. The van der Waals surface area contributed by atoms with Crippen LogP contribution in [-0.4, -0.2) is 44.8 Å². The van der Waals surface area contributed by atoms with Crippen LogP contribution in [0.4, 0.5) is 0 Å². The summed E-state index contributed by atoms with van der Waals surface area (Å²) in [6.07, 6.45) is 5.95. The van der Waals surface area contributed by atoms with E-state index in [1.807, 2.05) is 22.6 Å². The maximum atomic E-state index is 12.8. The van der Waals surface area contributed by atoms with Gasteiger partial charge in [0.15, 0.2) is 0 Å². The zero-order valence-electron chi connectivity index (χ0n) is 16.7. The summed E-state index contributed by atoms with van der Waals surface area (Å²) in [7, 11) is 0. The van der Waals surface area contributed by atoms with Gasteiger partial charge < -0.3 is 10.0 Å². The van der Waals surface area contributed by atoms with Crippen LogP contribution in [0.25, 0.3) is 0 Å². The normalized spacial score (nSPS) is 16.1. The molecule has 2 aromatic rings. The Labute approximate surface area is 166 Å². The van der Waals surface area contributed by atoms with Crippen molar-refractivity contribution >= 4 is 11.9 Å². The first-order valence-corrected chi connectivity index (χ1v) is 10.1. The van der Waals surface area contributed by atoms with Crippen LogP contribution in [0.1, 0.15) is 60.3 Å². The molecule has 1 aromatic carbocycles. The lowest BCUT2D eigenvalue weighted by Crippen LogP contribution is -2.42. The first kappa shape index (κ1) is 20.1. The summed E-state index contributed by atoms with van der Waals surface area (Å²) in [4.78, 5) is 25.9. The molecular weight excluding hydrogens is 354 g/mol. The fourth-order valence-electron chi connectivity index (χ4n) is 4.02. The molecule has 0 bridgehead atoms. The van der Waals surface area contributed by atoms with E-state index < -0.39 is 5.97 Å². The van der Waals surface area contributed by atoms with E-state index in [9.17, 15) is 14.7 Å². The van der Waals surface area contributed by atoms with Crippen molar-refractivity contribution in [3.05, 3.63) is 53.3 Å². The highest BCUT2D eigenvalue weighted by molar-refractivity contribution is 5.88. The van der Waals surface area contributed by atoms with Gasteiger partial charge in [0, 0.05) is 19.0 Å². The van der Waals surface area contributed by atoms with Crippen molar-refractivity contribution in [2.45, 2.75) is 52.0 Å². The van der Waals surface area contributed by atoms with Crippen molar-refractivity contribution in [2.75, 3.05) is 13.1 Å². The highest BCUT2D eigenvalue weighted by Crippen LogP contribution is 2.26. The largest absolute Gasteiger partial charge is 0.478 e. The maximum Gasteiger partial charge on any atom is 0.339 e. The van der Waals surface area contributed by atoms with Gasteiger partial charge in [-0.3, -0.25) is 9.48 Å². The molecule has 1 fully saturated rings. The lowest BCUT2D eigenvalue weighted by molar-refractivity contribution is -0.136. The molecule has 1 aromatic heterocycles. The molecule has 1 unspecified atom stereocenters. The Kier molecular flexibility index (Phi) is 6.49. The molecule has 1 atom stereocenters. The summed E-state index contributed by atoms with van der Waals surface area (Å²) < 4.78 is 1.81. The molecule has 1 aliphatic rings. The number of amides is 1. The van der Waals surface area contributed by atoms with Gasteiger partial charge in [0.1, 0.15) is 5.56 Å². The summed E-state index contributed by atoms with van der Waals surface area (Å²) in [6.45, 7) is 5.22. The lowest BCUT2D eigenvalue weighted by Gasteiger charge is -2.34. The lowest BCUT2D eigenvalue weighted by atomic mass is 9.98. The van der Waals surface area contributed by atoms with Gasteiger partial charge in [0.25, 0.3) is 0 Å².